The lowest BCUT2D eigenvalue weighted by molar-refractivity contribution is -0.144. The molecule has 0 aromatic rings. The van der Waals surface area contributed by atoms with E-state index in [1.54, 1.807) is 0 Å². The Morgan fingerprint density at radius 2 is 2.08 bits per heavy atom. The Balaban J connectivity index is 0. The normalized spacial score (nSPS) is 14.6. The molecule has 0 saturated heterocycles. The largest absolute Gasteiger partial charge is 0.480 e. The van der Waals surface area contributed by atoms with E-state index in [2.05, 4.69) is 0 Å². The quantitative estimate of drug-likeness (QED) is 0.578. The highest BCUT2D eigenvalue weighted by Gasteiger charge is 2.33. The third kappa shape index (κ3) is 3.85. The molecule has 5 N–H and O–H groups in total. The third-order valence-corrected chi connectivity index (χ3v) is 1.49. The molecule has 4 nitrogen and oxygen atoms in total. The molecule has 0 amide bonds. The molecule has 1 atom stereocenters. The van der Waals surface area contributed by atoms with E-state index in [-0.39, 0.29) is 18.8 Å². The Morgan fingerprint density at radius 3 is 2.33 bits per heavy atom. The Labute approximate surface area is 76.5 Å². The number of carboxylic acid groups (broad SMARTS) is 1. The fourth-order valence-electron chi connectivity index (χ4n) is 0.648. The fourth-order valence-corrected chi connectivity index (χ4v) is 0.648. The monoisotopic (exact) mass is 200 g/mol. The van der Waals surface area contributed by atoms with Crippen molar-refractivity contribution in [1.82, 2.24) is 0 Å². The highest BCUT2D eigenvalue weighted by atomic mass is 35.5. The van der Waals surface area contributed by atoms with E-state index < -0.39 is 18.2 Å². The van der Waals surface area contributed by atoms with Crippen LogP contribution < -0.4 is 11.5 Å². The molecule has 74 valence electrons. The summed E-state index contributed by atoms with van der Waals surface area (Å²) in [6.45, 7) is -0.728. The van der Waals surface area contributed by atoms with E-state index in [4.69, 9.17) is 16.6 Å². The molecule has 0 aromatic carbocycles. The first kappa shape index (κ1) is 14.2. The van der Waals surface area contributed by atoms with Gasteiger partial charge in [-0.1, -0.05) is 0 Å². The van der Waals surface area contributed by atoms with Crippen molar-refractivity contribution in [1.29, 1.82) is 0 Å². The summed E-state index contributed by atoms with van der Waals surface area (Å²) in [7, 11) is 0. The van der Waals surface area contributed by atoms with E-state index in [9.17, 15) is 9.18 Å². The van der Waals surface area contributed by atoms with Crippen LogP contribution in [0.25, 0.3) is 0 Å². The van der Waals surface area contributed by atoms with Gasteiger partial charge < -0.3 is 16.6 Å². The van der Waals surface area contributed by atoms with Gasteiger partial charge in [0.2, 0.25) is 0 Å². The van der Waals surface area contributed by atoms with Gasteiger partial charge in [0, 0.05) is 0 Å². The lowest BCUT2D eigenvalue weighted by atomic mass is 9.97. The van der Waals surface area contributed by atoms with E-state index in [0.717, 1.165) is 0 Å². The van der Waals surface area contributed by atoms with Crippen molar-refractivity contribution in [3.8, 4) is 0 Å². The highest BCUT2D eigenvalue weighted by Crippen LogP contribution is 2.09. The van der Waals surface area contributed by atoms with Gasteiger partial charge in [-0.25, -0.2) is 4.39 Å². The van der Waals surface area contributed by atoms with Crippen LogP contribution in [0.1, 0.15) is 12.8 Å². The van der Waals surface area contributed by atoms with Crippen LogP contribution >= 0.6 is 12.4 Å². The Bertz CT molecular complexity index is 148. The van der Waals surface area contributed by atoms with Crippen LogP contribution in [0.3, 0.4) is 0 Å². The summed E-state index contributed by atoms with van der Waals surface area (Å²) in [5, 5.41) is 8.45. The summed E-state index contributed by atoms with van der Waals surface area (Å²) in [6.07, 6.45) is 0.502. The van der Waals surface area contributed by atoms with Crippen molar-refractivity contribution >= 4 is 18.4 Å². The average Bonchev–Trinajstić information content (AvgIpc) is 2.00. The number of hydrogen-bond donors (Lipinski definition) is 3. The van der Waals surface area contributed by atoms with Crippen LogP contribution in [-0.4, -0.2) is 29.8 Å². The molecule has 0 fully saturated rings. The average molecular weight is 201 g/mol. The molecule has 0 aliphatic heterocycles. The van der Waals surface area contributed by atoms with Crippen LogP contribution in [0.2, 0.25) is 0 Å². The number of rotatable bonds is 5. The van der Waals surface area contributed by atoms with E-state index >= 15 is 0 Å². The number of hydrogen-bond acceptors (Lipinski definition) is 3. The third-order valence-electron chi connectivity index (χ3n) is 1.49. The summed E-state index contributed by atoms with van der Waals surface area (Å²) < 4.78 is 12.1. The number of aliphatic carboxylic acids is 1. The molecule has 0 saturated carbocycles. The van der Waals surface area contributed by atoms with Crippen molar-refractivity contribution in [2.75, 3.05) is 13.2 Å². The summed E-state index contributed by atoms with van der Waals surface area (Å²) >= 11 is 0. The van der Waals surface area contributed by atoms with Crippen molar-refractivity contribution < 1.29 is 14.3 Å². The van der Waals surface area contributed by atoms with Crippen molar-refractivity contribution in [3.63, 3.8) is 0 Å². The zero-order valence-electron chi connectivity index (χ0n) is 6.62. The number of halogens is 2. The number of alkyl halides is 1. The van der Waals surface area contributed by atoms with Crippen molar-refractivity contribution in [2.45, 2.75) is 18.4 Å². The van der Waals surface area contributed by atoms with Crippen LogP contribution in [0.4, 0.5) is 4.39 Å². The second kappa shape index (κ2) is 6.16. The number of carbonyl (C=O) groups is 1. The van der Waals surface area contributed by atoms with Gasteiger partial charge in [-0.15, -0.1) is 12.4 Å². The molecule has 0 radical (unpaired) electrons. The van der Waals surface area contributed by atoms with Gasteiger partial charge in [0.15, 0.2) is 0 Å². The topological polar surface area (TPSA) is 89.3 Å². The maximum Gasteiger partial charge on any atom is 0.326 e. The molecule has 0 aliphatic rings. The second-order valence-electron chi connectivity index (χ2n) is 2.49. The Morgan fingerprint density at radius 1 is 1.58 bits per heavy atom. The summed E-state index contributed by atoms with van der Waals surface area (Å²) in [5.74, 6) is -1.31. The molecular formula is C6H14ClFN2O2. The first-order valence-electron chi connectivity index (χ1n) is 3.35. The predicted octanol–water partition coefficient (Wildman–Crippen LogP) is -0.101. The SMILES string of the molecule is Cl.NCCC[C@@](N)(CF)C(=O)O. The minimum absolute atomic E-state index is 0. The Kier molecular flexibility index (Phi) is 7.27. The van der Waals surface area contributed by atoms with E-state index in [1.807, 2.05) is 0 Å². The second-order valence-corrected chi connectivity index (χ2v) is 2.49. The molecule has 0 aromatic heterocycles. The van der Waals surface area contributed by atoms with Gasteiger partial charge >= 0.3 is 5.97 Å². The molecule has 0 aliphatic carbocycles. The maximum absolute atomic E-state index is 12.1. The highest BCUT2D eigenvalue weighted by molar-refractivity contribution is 5.85. The predicted molar refractivity (Wildman–Crippen MR) is 46.1 cm³/mol. The van der Waals surface area contributed by atoms with E-state index in [1.165, 1.54) is 0 Å². The number of nitrogens with two attached hydrogens (primary N) is 2. The molecule has 12 heavy (non-hydrogen) atoms. The lowest BCUT2D eigenvalue weighted by Crippen LogP contribution is -2.50. The maximum atomic E-state index is 12.1. The fraction of sp³-hybridized carbons (Fsp3) is 0.833. The molecule has 0 unspecified atom stereocenters. The molecule has 0 heterocycles. The Hall–Kier alpha value is -0.390. The van der Waals surface area contributed by atoms with Gasteiger partial charge in [0.05, 0.1) is 0 Å². The summed E-state index contributed by atoms with van der Waals surface area (Å²) in [4.78, 5) is 10.4. The smallest absolute Gasteiger partial charge is 0.326 e. The first-order chi connectivity index (χ1) is 5.06. The van der Waals surface area contributed by atoms with Crippen LogP contribution in [0.5, 0.6) is 0 Å². The lowest BCUT2D eigenvalue weighted by Gasteiger charge is -2.19. The van der Waals surface area contributed by atoms with Gasteiger partial charge in [0.1, 0.15) is 12.2 Å². The minimum Gasteiger partial charge on any atom is -0.480 e. The standard InChI is InChI=1S/C6H13FN2O2.ClH/c7-4-6(9,5(10)11)2-1-3-8;/h1-4,8-9H2,(H,10,11);1H/t6-;/m1./s1. The first-order valence-corrected chi connectivity index (χ1v) is 3.35. The van der Waals surface area contributed by atoms with Crippen molar-refractivity contribution in [3.05, 3.63) is 0 Å². The summed E-state index contributed by atoms with van der Waals surface area (Å²) in [5.41, 5.74) is 8.58. The summed E-state index contributed by atoms with van der Waals surface area (Å²) in [6, 6.07) is 0. The minimum atomic E-state index is -1.74. The zero-order chi connectivity index (χ0) is 8.91. The van der Waals surface area contributed by atoms with Crippen LogP contribution in [-0.2, 0) is 4.79 Å². The zero-order valence-corrected chi connectivity index (χ0v) is 7.44. The van der Waals surface area contributed by atoms with Gasteiger partial charge in [-0.05, 0) is 19.4 Å². The molecule has 6 heteroatoms. The van der Waals surface area contributed by atoms with Gasteiger partial charge in [0.25, 0.3) is 0 Å². The molecule has 0 bridgehead atoms. The van der Waals surface area contributed by atoms with Crippen LogP contribution in [0, 0.1) is 0 Å². The van der Waals surface area contributed by atoms with E-state index in [0.29, 0.717) is 13.0 Å². The van der Waals surface area contributed by atoms with Gasteiger partial charge in [-0.3, -0.25) is 4.79 Å². The van der Waals surface area contributed by atoms with Crippen molar-refractivity contribution in [2.24, 2.45) is 11.5 Å². The van der Waals surface area contributed by atoms with Gasteiger partial charge in [-0.2, -0.15) is 0 Å². The number of carboxylic acids is 1. The molecule has 0 rings (SSSR count). The molecular weight excluding hydrogens is 187 g/mol. The molecule has 0 spiro atoms. The van der Waals surface area contributed by atoms with Crippen LogP contribution in [0.15, 0.2) is 0 Å².